The van der Waals surface area contributed by atoms with Crippen molar-refractivity contribution in [3.8, 4) is 0 Å². The Morgan fingerprint density at radius 1 is 1.11 bits per heavy atom. The largest absolute Gasteiger partial charge is 0.307 e. The molecule has 1 heteroatoms. The molecule has 1 aliphatic rings. The fourth-order valence-corrected chi connectivity index (χ4v) is 3.00. The van der Waals surface area contributed by atoms with Gasteiger partial charge < -0.3 is 5.32 Å². The second-order valence-corrected chi connectivity index (χ2v) is 6.47. The molecule has 0 radical (unpaired) electrons. The molecule has 0 saturated heterocycles. The van der Waals surface area contributed by atoms with Crippen molar-refractivity contribution in [2.24, 2.45) is 5.92 Å². The number of hydrogen-bond acceptors (Lipinski definition) is 1. The molecule has 2 atom stereocenters. The van der Waals surface area contributed by atoms with Gasteiger partial charge in [-0.3, -0.25) is 0 Å². The average molecular weight is 259 g/mol. The molecule has 1 aromatic carbocycles. The third kappa shape index (κ3) is 3.82. The number of hydrogen-bond donors (Lipinski definition) is 1. The van der Waals surface area contributed by atoms with Gasteiger partial charge in [-0.25, -0.2) is 0 Å². The molecule has 1 nitrogen and oxygen atoms in total. The van der Waals surface area contributed by atoms with Crippen LogP contribution in [0.5, 0.6) is 0 Å². The van der Waals surface area contributed by atoms with E-state index in [1.54, 1.807) is 0 Å². The molecule has 0 amide bonds. The van der Waals surface area contributed by atoms with Crippen LogP contribution in [0.3, 0.4) is 0 Å². The fraction of sp³-hybridized carbons (Fsp3) is 0.667. The minimum Gasteiger partial charge on any atom is -0.307 e. The van der Waals surface area contributed by atoms with Crippen LogP contribution in [-0.2, 0) is 0 Å². The first-order chi connectivity index (χ1) is 9.01. The summed E-state index contributed by atoms with van der Waals surface area (Å²) in [4.78, 5) is 0. The zero-order chi connectivity index (χ0) is 14.0. The van der Waals surface area contributed by atoms with Crippen LogP contribution >= 0.6 is 0 Å². The van der Waals surface area contributed by atoms with E-state index in [-0.39, 0.29) is 0 Å². The van der Waals surface area contributed by atoms with Crippen LogP contribution in [0.2, 0.25) is 0 Å². The van der Waals surface area contributed by atoms with Gasteiger partial charge in [0.05, 0.1) is 0 Å². The summed E-state index contributed by atoms with van der Waals surface area (Å²) in [6.45, 7) is 11.3. The van der Waals surface area contributed by atoms with Crippen LogP contribution in [-0.4, -0.2) is 6.04 Å². The van der Waals surface area contributed by atoms with E-state index in [2.05, 4.69) is 52.1 Å². The van der Waals surface area contributed by atoms with Gasteiger partial charge in [0.15, 0.2) is 0 Å². The van der Waals surface area contributed by atoms with E-state index < -0.39 is 0 Å². The molecule has 2 rings (SSSR count). The Bertz CT molecular complexity index is 432. The lowest BCUT2D eigenvalue weighted by Crippen LogP contribution is -2.31. The summed E-state index contributed by atoms with van der Waals surface area (Å²) in [5, 5.41) is 3.84. The van der Waals surface area contributed by atoms with Crippen LogP contribution in [0, 0.1) is 26.7 Å². The first-order valence-electron chi connectivity index (χ1n) is 7.85. The number of nitrogens with one attached hydrogen (secondary N) is 1. The molecule has 19 heavy (non-hydrogen) atoms. The van der Waals surface area contributed by atoms with Crippen molar-refractivity contribution in [2.75, 3.05) is 0 Å². The van der Waals surface area contributed by atoms with Gasteiger partial charge in [-0.15, -0.1) is 0 Å². The second kappa shape index (κ2) is 6.09. The minimum atomic E-state index is 0.461. The second-order valence-electron chi connectivity index (χ2n) is 6.47. The Morgan fingerprint density at radius 2 is 1.74 bits per heavy atom. The topological polar surface area (TPSA) is 12.0 Å². The highest BCUT2D eigenvalue weighted by molar-refractivity contribution is 5.38. The van der Waals surface area contributed by atoms with E-state index in [1.807, 2.05) is 0 Å². The molecule has 0 bridgehead atoms. The summed E-state index contributed by atoms with van der Waals surface area (Å²) in [7, 11) is 0. The first-order valence-corrected chi connectivity index (χ1v) is 7.85. The van der Waals surface area contributed by atoms with E-state index in [1.165, 1.54) is 47.9 Å². The number of rotatable bonds is 6. The molecule has 1 aliphatic carbocycles. The molecule has 1 N–H and O–H groups in total. The van der Waals surface area contributed by atoms with Gasteiger partial charge in [-0.2, -0.15) is 0 Å². The van der Waals surface area contributed by atoms with Gasteiger partial charge in [0, 0.05) is 12.1 Å². The number of aryl methyl sites for hydroxylation is 3. The standard InChI is InChI=1S/C18H29N/c1-6-17(11-16-7-8-16)19-15(5)18-10-13(3)12(2)9-14(18)4/h9-10,15-17,19H,6-8,11H2,1-5H3. The van der Waals surface area contributed by atoms with Crippen molar-refractivity contribution in [2.45, 2.75) is 72.4 Å². The Morgan fingerprint density at radius 3 is 2.32 bits per heavy atom. The molecule has 0 aromatic heterocycles. The van der Waals surface area contributed by atoms with Crippen molar-refractivity contribution in [3.63, 3.8) is 0 Å². The summed E-state index contributed by atoms with van der Waals surface area (Å²) in [6.07, 6.45) is 5.51. The Labute approximate surface area is 118 Å². The van der Waals surface area contributed by atoms with E-state index in [4.69, 9.17) is 0 Å². The minimum absolute atomic E-state index is 0.461. The summed E-state index contributed by atoms with van der Waals surface area (Å²) in [5.41, 5.74) is 5.70. The van der Waals surface area contributed by atoms with Crippen LogP contribution < -0.4 is 5.32 Å². The number of benzene rings is 1. The molecule has 106 valence electrons. The normalized spacial score (nSPS) is 18.4. The Hall–Kier alpha value is -0.820. The maximum Gasteiger partial charge on any atom is 0.0297 e. The summed E-state index contributed by atoms with van der Waals surface area (Å²) in [5.74, 6) is 1.01. The molecule has 0 spiro atoms. The van der Waals surface area contributed by atoms with Crippen LogP contribution in [0.15, 0.2) is 12.1 Å². The van der Waals surface area contributed by atoms with Gasteiger partial charge in [0.2, 0.25) is 0 Å². The molecule has 1 saturated carbocycles. The monoisotopic (exact) mass is 259 g/mol. The highest BCUT2D eigenvalue weighted by Gasteiger charge is 2.25. The lowest BCUT2D eigenvalue weighted by Gasteiger charge is -2.24. The Balaban J connectivity index is 2.05. The van der Waals surface area contributed by atoms with Crippen molar-refractivity contribution in [1.29, 1.82) is 0 Å². The highest BCUT2D eigenvalue weighted by Crippen LogP contribution is 2.34. The van der Waals surface area contributed by atoms with E-state index in [0.29, 0.717) is 12.1 Å². The lowest BCUT2D eigenvalue weighted by atomic mass is 9.95. The van der Waals surface area contributed by atoms with Crippen molar-refractivity contribution < 1.29 is 0 Å². The maximum atomic E-state index is 3.84. The molecule has 0 aliphatic heterocycles. The first kappa shape index (κ1) is 14.6. The summed E-state index contributed by atoms with van der Waals surface area (Å²) in [6, 6.07) is 5.84. The van der Waals surface area contributed by atoms with Crippen molar-refractivity contribution in [3.05, 3.63) is 34.4 Å². The third-order valence-corrected chi connectivity index (χ3v) is 4.64. The predicted molar refractivity (Wildman–Crippen MR) is 83.6 cm³/mol. The SMILES string of the molecule is CCC(CC1CC1)NC(C)c1cc(C)c(C)cc1C. The highest BCUT2D eigenvalue weighted by atomic mass is 14.9. The predicted octanol–water partition coefficient (Wildman–Crippen LogP) is 4.84. The third-order valence-electron chi connectivity index (χ3n) is 4.64. The van der Waals surface area contributed by atoms with Crippen LogP contribution in [0.1, 0.15) is 67.8 Å². The van der Waals surface area contributed by atoms with Gasteiger partial charge in [-0.1, -0.05) is 31.9 Å². The molecular weight excluding hydrogens is 230 g/mol. The van der Waals surface area contributed by atoms with E-state index in [9.17, 15) is 0 Å². The van der Waals surface area contributed by atoms with Crippen molar-refractivity contribution >= 4 is 0 Å². The smallest absolute Gasteiger partial charge is 0.0297 e. The van der Waals surface area contributed by atoms with Crippen LogP contribution in [0.4, 0.5) is 0 Å². The average Bonchev–Trinajstić information content (AvgIpc) is 3.16. The maximum absolute atomic E-state index is 3.84. The molecular formula is C18H29N. The van der Waals surface area contributed by atoms with E-state index in [0.717, 1.165) is 5.92 Å². The van der Waals surface area contributed by atoms with Gasteiger partial charge in [-0.05, 0) is 68.7 Å². The zero-order valence-corrected chi connectivity index (χ0v) is 13.2. The van der Waals surface area contributed by atoms with Gasteiger partial charge in [0.1, 0.15) is 0 Å². The molecule has 0 heterocycles. The molecule has 2 unspecified atom stereocenters. The van der Waals surface area contributed by atoms with Crippen molar-refractivity contribution in [1.82, 2.24) is 5.32 Å². The molecule has 1 fully saturated rings. The Kier molecular flexibility index (Phi) is 4.67. The van der Waals surface area contributed by atoms with E-state index >= 15 is 0 Å². The summed E-state index contributed by atoms with van der Waals surface area (Å²) >= 11 is 0. The fourth-order valence-electron chi connectivity index (χ4n) is 3.00. The lowest BCUT2D eigenvalue weighted by molar-refractivity contribution is 0.403. The van der Waals surface area contributed by atoms with Gasteiger partial charge >= 0.3 is 0 Å². The quantitative estimate of drug-likeness (QED) is 0.770. The molecule has 1 aromatic rings. The summed E-state index contributed by atoms with van der Waals surface area (Å²) < 4.78 is 0. The van der Waals surface area contributed by atoms with Crippen LogP contribution in [0.25, 0.3) is 0 Å². The van der Waals surface area contributed by atoms with Gasteiger partial charge in [0.25, 0.3) is 0 Å². The zero-order valence-electron chi connectivity index (χ0n) is 13.2.